The monoisotopic (exact) mass is 1640 g/mol. The van der Waals surface area contributed by atoms with Crippen LogP contribution in [0.25, 0.3) is 0 Å². The predicted octanol–water partition coefficient (Wildman–Crippen LogP) is 19.2. The Bertz CT molecular complexity index is 5280. The Labute approximate surface area is 649 Å². The van der Waals surface area contributed by atoms with Crippen molar-refractivity contribution in [1.82, 2.24) is 0 Å². The van der Waals surface area contributed by atoms with Crippen LogP contribution in [0.3, 0.4) is 0 Å². The first-order chi connectivity index (χ1) is 50.3. The summed E-state index contributed by atoms with van der Waals surface area (Å²) in [4.78, 5) is 12.3. The van der Waals surface area contributed by atoms with Gasteiger partial charge in [0.2, 0.25) is 0 Å². The molecule has 3 radical (unpaired) electrons. The molecule has 15 aromatic carbocycles. The molecule has 0 saturated carbocycles. The van der Waals surface area contributed by atoms with Gasteiger partial charge >= 0.3 is 0 Å². The van der Waals surface area contributed by atoms with Gasteiger partial charge in [-0.1, -0.05) is 256 Å². The van der Waals surface area contributed by atoms with Gasteiger partial charge in [0.15, 0.2) is 16.1 Å². The Morgan fingerprint density at radius 1 is 0.231 bits per heavy atom. The minimum Gasteiger partial charge on any atom is -0.311 e. The van der Waals surface area contributed by atoms with Crippen molar-refractivity contribution in [2.45, 2.75) is 7.43 Å². The third-order valence-electron chi connectivity index (χ3n) is 20.6. The van der Waals surface area contributed by atoms with Crippen molar-refractivity contribution in [3.8, 4) is 0 Å². The smallest absolute Gasteiger partial charge is 0.188 e. The van der Waals surface area contributed by atoms with E-state index in [0.717, 1.165) is 35.0 Å². The Hall–Kier alpha value is -10.1. The zero-order chi connectivity index (χ0) is 68.5. The molecule has 2 spiro atoms. The van der Waals surface area contributed by atoms with E-state index < -0.39 is 16.1 Å². The molecule has 0 fully saturated rings. The quantitative estimate of drug-likeness (QED) is 0.154. The van der Waals surface area contributed by atoms with E-state index in [-0.39, 0.29) is 25.4 Å². The molecular formula is C91H67BBr4N5Si3. The molecule has 0 aliphatic carbocycles. The lowest BCUT2D eigenvalue weighted by atomic mass is 10.1. The van der Waals surface area contributed by atoms with E-state index in [1.165, 1.54) is 120 Å². The van der Waals surface area contributed by atoms with Crippen LogP contribution in [0.5, 0.6) is 0 Å². The number of anilines is 15. The molecule has 0 N–H and O–H groups in total. The summed E-state index contributed by atoms with van der Waals surface area (Å²) in [5, 5.41) is 14.6. The van der Waals surface area contributed by atoms with Gasteiger partial charge in [-0.15, -0.1) is 0 Å². The highest BCUT2D eigenvalue weighted by atomic mass is 79.9. The zero-order valence-electron chi connectivity index (χ0n) is 55.8. The predicted molar refractivity (Wildman–Crippen MR) is 465 cm³/mol. The van der Waals surface area contributed by atoms with E-state index in [1.807, 2.05) is 54.6 Å². The van der Waals surface area contributed by atoms with Crippen LogP contribution in [-0.4, -0.2) is 34.1 Å². The van der Waals surface area contributed by atoms with Crippen molar-refractivity contribution < 1.29 is 0 Å². The summed E-state index contributed by atoms with van der Waals surface area (Å²) in [6.07, 6.45) is 0. The van der Waals surface area contributed by atoms with Crippen molar-refractivity contribution in [2.24, 2.45) is 0 Å². The zero-order valence-corrected chi connectivity index (χ0v) is 65.5. The second-order valence-corrected chi connectivity index (χ2v) is 38.5. The molecule has 5 aliphatic rings. The van der Waals surface area contributed by atoms with Gasteiger partial charge in [-0.3, -0.25) is 0 Å². The van der Waals surface area contributed by atoms with E-state index in [2.05, 4.69) is 404 Å². The number of hydrogen-bond acceptors (Lipinski definition) is 5. The third kappa shape index (κ3) is 10.9. The first kappa shape index (κ1) is 68.4. The normalized spacial score (nSPS) is 13.5. The number of rotatable bonds is 6. The van der Waals surface area contributed by atoms with Gasteiger partial charge in [0.1, 0.15) is 0 Å². The van der Waals surface area contributed by atoms with Gasteiger partial charge in [0.25, 0.3) is 0 Å². The molecule has 20 rings (SSSR count). The molecule has 0 amide bonds. The maximum Gasteiger partial charge on any atom is 0.188 e. The van der Waals surface area contributed by atoms with Crippen LogP contribution in [-0.2, 0) is 0 Å². The number of fused-ring (bicyclic) bond motifs is 18. The summed E-state index contributed by atoms with van der Waals surface area (Å²) < 4.78 is 4.08. The highest BCUT2D eigenvalue weighted by Crippen LogP contribution is 2.50. The van der Waals surface area contributed by atoms with Crippen molar-refractivity contribution >= 4 is 235 Å². The van der Waals surface area contributed by atoms with Crippen LogP contribution in [0.15, 0.2) is 388 Å². The highest BCUT2D eigenvalue weighted by Gasteiger charge is 2.60. The average Bonchev–Trinajstić information content (AvgIpc) is 0.653. The van der Waals surface area contributed by atoms with Gasteiger partial charge in [-0.25, -0.2) is 0 Å². The average molecular weight is 1650 g/mol. The van der Waals surface area contributed by atoms with Crippen LogP contribution in [0.4, 0.5) is 85.3 Å². The van der Waals surface area contributed by atoms with Crippen molar-refractivity contribution in [2.75, 3.05) is 24.5 Å². The SMILES string of the molecule is Brc1ccccc1N(c1ccccc1Br)c1c(Br)cccc1Br.C.[B].c1ccc(N2c3ccccc3[SiH2]c3ccccc32)cc1.c1ccc(N2c3ccccc3[Si]3(c4ccccc42)c2ccccc2N2c4ccccc4[Si]4(c5ccccc5N(c5ccccc5)c5ccccc54)c4cccc3c42)cc1. The molecule has 0 unspecified atom stereocenters. The van der Waals surface area contributed by atoms with Crippen LogP contribution >= 0.6 is 63.7 Å². The minimum atomic E-state index is -3.01. The molecule has 499 valence electrons. The molecular weight excluding hydrogens is 1580 g/mol. The summed E-state index contributed by atoms with van der Waals surface area (Å²) in [6.45, 7) is 0. The van der Waals surface area contributed by atoms with E-state index in [4.69, 9.17) is 0 Å². The summed E-state index contributed by atoms with van der Waals surface area (Å²) in [5.74, 6) is 0. The molecule has 0 saturated heterocycles. The Morgan fingerprint density at radius 2 is 0.471 bits per heavy atom. The second kappa shape index (κ2) is 28.5. The minimum absolute atomic E-state index is 0. The van der Waals surface area contributed by atoms with E-state index in [0.29, 0.717) is 0 Å². The molecule has 13 heteroatoms. The first-order valence-electron chi connectivity index (χ1n) is 34.3. The van der Waals surface area contributed by atoms with Gasteiger partial charge < -0.3 is 24.5 Å². The van der Waals surface area contributed by atoms with Crippen molar-refractivity contribution in [3.05, 3.63) is 388 Å². The topological polar surface area (TPSA) is 16.2 Å². The lowest BCUT2D eigenvalue weighted by Crippen LogP contribution is -2.84. The van der Waals surface area contributed by atoms with Gasteiger partial charge in [-0.2, -0.15) is 0 Å². The molecule has 0 bridgehead atoms. The number of nitrogens with zero attached hydrogens (tertiary/aromatic N) is 5. The van der Waals surface area contributed by atoms with E-state index >= 15 is 0 Å². The molecule has 15 aromatic rings. The van der Waals surface area contributed by atoms with Crippen LogP contribution in [0.2, 0.25) is 0 Å². The van der Waals surface area contributed by atoms with Crippen LogP contribution in [0.1, 0.15) is 7.43 Å². The molecule has 5 heterocycles. The summed E-state index contributed by atoms with van der Waals surface area (Å²) >= 11 is 14.7. The van der Waals surface area contributed by atoms with Crippen LogP contribution < -0.4 is 76.4 Å². The molecule has 104 heavy (non-hydrogen) atoms. The molecule has 0 atom stereocenters. The number of hydrogen-bond donors (Lipinski definition) is 0. The maximum atomic E-state index is 3.69. The lowest BCUT2D eigenvalue weighted by Gasteiger charge is -2.55. The summed E-state index contributed by atoms with van der Waals surface area (Å²) in [6, 6.07) is 136. The number of para-hydroxylation sites is 15. The fraction of sp³-hybridized carbons (Fsp3) is 0.0110. The van der Waals surface area contributed by atoms with Gasteiger partial charge in [-0.05, 0) is 237 Å². The number of benzene rings is 15. The largest absolute Gasteiger partial charge is 0.311 e. The van der Waals surface area contributed by atoms with E-state index in [1.54, 1.807) is 0 Å². The lowest BCUT2D eigenvalue weighted by molar-refractivity contribution is 1.24. The Kier molecular flexibility index (Phi) is 18.8. The van der Waals surface area contributed by atoms with Crippen molar-refractivity contribution in [1.29, 1.82) is 0 Å². The number of halogens is 4. The van der Waals surface area contributed by atoms with Gasteiger partial charge in [0, 0.05) is 94.6 Å². The van der Waals surface area contributed by atoms with E-state index in [9.17, 15) is 0 Å². The first-order valence-corrected chi connectivity index (χ1v) is 42.9. The standard InChI is InChI=1S/C54H37N3Si2.C18H11Br4N.C18H15NSi.CH4.B/c1-3-20-38(21-4-1)55-40-24-7-13-30-46(40)58(47-31-14-8-25-41(47)55)50-34-17-11-28-44(50)57-45-29-12-18-35-51(45)59(53-37-19-36-52(58)54(53)57)48-32-15-9-26-42(48)56(39-22-5-2-6-23-39)43-27-10-16-33-49(43)59;19-12-6-1-3-10-16(12)23(17-11-4-2-7-13(17)20)18-14(21)8-5-9-15(18)22;1-2-8-14(9-3-1)19-15-10-4-6-12-17(15)20-18-13-7-5-11-16(18)19;;/h1-37H;1-11H;1-13H,20H2;1H4;. The second-order valence-electron chi connectivity index (χ2n) is 25.9. The third-order valence-corrected chi connectivity index (χ3v) is 35.0. The molecule has 0 aromatic heterocycles. The maximum absolute atomic E-state index is 3.69. The molecule has 5 nitrogen and oxygen atoms in total. The Balaban J connectivity index is 0.000000151. The van der Waals surface area contributed by atoms with Crippen LogP contribution in [0, 0.1) is 0 Å². The Morgan fingerprint density at radius 3 is 0.808 bits per heavy atom. The van der Waals surface area contributed by atoms with Crippen molar-refractivity contribution in [3.63, 3.8) is 0 Å². The highest BCUT2D eigenvalue weighted by molar-refractivity contribution is 9.11. The fourth-order valence-electron chi connectivity index (χ4n) is 16.7. The fourth-order valence-corrected chi connectivity index (χ4v) is 31.8. The molecule has 5 aliphatic heterocycles. The summed E-state index contributed by atoms with van der Waals surface area (Å²) in [5.41, 5.74) is 18.5. The van der Waals surface area contributed by atoms with Gasteiger partial charge in [0.05, 0.1) is 26.6 Å². The summed E-state index contributed by atoms with van der Waals surface area (Å²) in [7, 11) is -6.38.